The van der Waals surface area contributed by atoms with Crippen LogP contribution in [-0.4, -0.2) is 58.1 Å². The molecule has 25 heavy (non-hydrogen) atoms. The molecule has 1 aliphatic heterocycles. The molecule has 1 aliphatic rings. The lowest BCUT2D eigenvalue weighted by Crippen LogP contribution is -2.42. The number of rotatable bonds is 9. The molecule has 0 radical (unpaired) electrons. The van der Waals surface area contributed by atoms with Crippen LogP contribution in [0.25, 0.3) is 0 Å². The first kappa shape index (κ1) is 19.5. The molecule has 2 atom stereocenters. The van der Waals surface area contributed by atoms with E-state index < -0.39 is 0 Å². The molecule has 6 nitrogen and oxygen atoms in total. The Morgan fingerprint density at radius 1 is 1.36 bits per heavy atom. The summed E-state index contributed by atoms with van der Waals surface area (Å²) in [5.41, 5.74) is 0. The molecule has 1 fully saturated rings. The summed E-state index contributed by atoms with van der Waals surface area (Å²) in [5.74, 6) is 1.10. The first-order valence-electron chi connectivity index (χ1n) is 8.73. The minimum absolute atomic E-state index is 0.0743. The van der Waals surface area contributed by atoms with Crippen LogP contribution in [0, 0.1) is 5.82 Å². The smallest absolute Gasteiger partial charge is 0.191 e. The third kappa shape index (κ3) is 7.70. The van der Waals surface area contributed by atoms with Gasteiger partial charge in [0.25, 0.3) is 0 Å². The fraction of sp³-hybridized carbons (Fsp3) is 0.611. The van der Waals surface area contributed by atoms with Crippen molar-refractivity contribution in [1.82, 2.24) is 10.6 Å². The van der Waals surface area contributed by atoms with Crippen LogP contribution in [0.3, 0.4) is 0 Å². The Bertz CT molecular complexity index is 519. The highest BCUT2D eigenvalue weighted by Crippen LogP contribution is 2.12. The van der Waals surface area contributed by atoms with Gasteiger partial charge in [0.15, 0.2) is 5.96 Å². The van der Waals surface area contributed by atoms with Crippen LogP contribution >= 0.6 is 0 Å². The monoisotopic (exact) mass is 353 g/mol. The standard InChI is InChI=1S/C18H28FN3O3/c1-14(25-16-6-4-15(19)5-7-16)12-22-18(20-2)21-9-3-10-24-17-8-11-23-13-17/h4-7,14,17H,3,8-13H2,1-2H3,(H2,20,21,22). The molecule has 1 heterocycles. The summed E-state index contributed by atoms with van der Waals surface area (Å²) >= 11 is 0. The average Bonchev–Trinajstić information content (AvgIpc) is 3.13. The number of ether oxygens (including phenoxy) is 3. The van der Waals surface area contributed by atoms with Gasteiger partial charge in [-0.1, -0.05) is 0 Å². The van der Waals surface area contributed by atoms with Gasteiger partial charge < -0.3 is 24.8 Å². The van der Waals surface area contributed by atoms with Crippen LogP contribution in [0.5, 0.6) is 5.75 Å². The molecule has 2 unspecified atom stereocenters. The Balaban J connectivity index is 1.56. The lowest BCUT2D eigenvalue weighted by molar-refractivity contribution is 0.0420. The number of hydrogen-bond acceptors (Lipinski definition) is 4. The fourth-order valence-corrected chi connectivity index (χ4v) is 2.42. The molecule has 140 valence electrons. The van der Waals surface area contributed by atoms with E-state index in [4.69, 9.17) is 14.2 Å². The van der Waals surface area contributed by atoms with E-state index in [1.54, 1.807) is 19.2 Å². The number of benzene rings is 1. The molecule has 0 aliphatic carbocycles. The van der Waals surface area contributed by atoms with Crippen molar-refractivity contribution in [2.45, 2.75) is 32.0 Å². The maximum Gasteiger partial charge on any atom is 0.191 e. The largest absolute Gasteiger partial charge is 0.489 e. The second-order valence-electron chi connectivity index (χ2n) is 5.97. The van der Waals surface area contributed by atoms with Crippen molar-refractivity contribution >= 4 is 5.96 Å². The summed E-state index contributed by atoms with van der Waals surface area (Å²) in [4.78, 5) is 4.18. The van der Waals surface area contributed by atoms with Gasteiger partial charge in [0.05, 0.1) is 19.3 Å². The van der Waals surface area contributed by atoms with Gasteiger partial charge in [-0.05, 0) is 44.0 Å². The summed E-state index contributed by atoms with van der Waals surface area (Å²) in [6, 6.07) is 6.01. The summed E-state index contributed by atoms with van der Waals surface area (Å²) in [6.07, 6.45) is 2.07. The van der Waals surface area contributed by atoms with Gasteiger partial charge in [-0.25, -0.2) is 4.39 Å². The summed E-state index contributed by atoms with van der Waals surface area (Å²) in [7, 11) is 1.73. The summed E-state index contributed by atoms with van der Waals surface area (Å²) < 4.78 is 29.6. The molecule has 1 saturated heterocycles. The molecule has 2 rings (SSSR count). The zero-order valence-corrected chi connectivity index (χ0v) is 15.0. The summed E-state index contributed by atoms with van der Waals surface area (Å²) in [5, 5.41) is 6.46. The summed E-state index contributed by atoms with van der Waals surface area (Å²) in [6.45, 7) is 5.54. The van der Waals surface area contributed by atoms with Crippen LogP contribution in [0.15, 0.2) is 29.3 Å². The zero-order valence-electron chi connectivity index (χ0n) is 15.0. The average molecular weight is 353 g/mol. The predicted molar refractivity (Wildman–Crippen MR) is 95.6 cm³/mol. The molecule has 0 saturated carbocycles. The Labute approximate surface area is 148 Å². The molecule has 1 aromatic rings. The molecule has 0 spiro atoms. The molecule has 0 amide bonds. The Morgan fingerprint density at radius 3 is 2.84 bits per heavy atom. The van der Waals surface area contributed by atoms with E-state index in [1.807, 2.05) is 6.92 Å². The lowest BCUT2D eigenvalue weighted by atomic mass is 10.3. The van der Waals surface area contributed by atoms with Crippen molar-refractivity contribution in [3.63, 3.8) is 0 Å². The number of hydrogen-bond donors (Lipinski definition) is 2. The highest BCUT2D eigenvalue weighted by atomic mass is 19.1. The van der Waals surface area contributed by atoms with E-state index >= 15 is 0 Å². The van der Waals surface area contributed by atoms with E-state index in [1.165, 1.54) is 12.1 Å². The van der Waals surface area contributed by atoms with Gasteiger partial charge in [-0.3, -0.25) is 4.99 Å². The van der Waals surface area contributed by atoms with Gasteiger partial charge >= 0.3 is 0 Å². The van der Waals surface area contributed by atoms with Gasteiger partial charge in [0.2, 0.25) is 0 Å². The van der Waals surface area contributed by atoms with Gasteiger partial charge in [0.1, 0.15) is 17.7 Å². The minimum atomic E-state index is -0.271. The van der Waals surface area contributed by atoms with Crippen LogP contribution in [0.1, 0.15) is 19.8 Å². The number of halogens is 1. The quantitative estimate of drug-likeness (QED) is 0.404. The number of aliphatic imine (C=N–C) groups is 1. The van der Waals surface area contributed by atoms with Crippen LogP contribution in [0.4, 0.5) is 4.39 Å². The van der Waals surface area contributed by atoms with Gasteiger partial charge in [-0.15, -0.1) is 0 Å². The third-order valence-electron chi connectivity index (χ3n) is 3.79. The van der Waals surface area contributed by atoms with Crippen LogP contribution in [0.2, 0.25) is 0 Å². The van der Waals surface area contributed by atoms with Gasteiger partial charge in [0, 0.05) is 26.8 Å². The fourth-order valence-electron chi connectivity index (χ4n) is 2.42. The zero-order chi connectivity index (χ0) is 17.9. The molecule has 0 aromatic heterocycles. The third-order valence-corrected chi connectivity index (χ3v) is 3.79. The van der Waals surface area contributed by atoms with E-state index in [-0.39, 0.29) is 18.0 Å². The molecule has 7 heteroatoms. The Kier molecular flexibility index (Phi) is 8.48. The second-order valence-corrected chi connectivity index (χ2v) is 5.97. The molecule has 1 aromatic carbocycles. The number of nitrogens with zero attached hydrogens (tertiary/aromatic N) is 1. The highest BCUT2D eigenvalue weighted by molar-refractivity contribution is 5.79. The van der Waals surface area contributed by atoms with Crippen LogP contribution < -0.4 is 15.4 Å². The van der Waals surface area contributed by atoms with Crippen molar-refractivity contribution < 1.29 is 18.6 Å². The van der Waals surface area contributed by atoms with E-state index in [0.717, 1.165) is 32.0 Å². The van der Waals surface area contributed by atoms with E-state index in [0.29, 0.717) is 25.5 Å². The predicted octanol–water partition coefficient (Wildman–Crippen LogP) is 1.95. The van der Waals surface area contributed by atoms with Crippen molar-refractivity contribution in [3.8, 4) is 5.75 Å². The molecular weight excluding hydrogens is 325 g/mol. The SMILES string of the molecule is CN=C(NCCCOC1CCOC1)NCC(C)Oc1ccc(F)cc1. The minimum Gasteiger partial charge on any atom is -0.489 e. The van der Waals surface area contributed by atoms with Crippen molar-refractivity contribution in [2.24, 2.45) is 4.99 Å². The van der Waals surface area contributed by atoms with Crippen molar-refractivity contribution in [3.05, 3.63) is 30.1 Å². The number of nitrogens with one attached hydrogen (secondary N) is 2. The van der Waals surface area contributed by atoms with Crippen LogP contribution in [-0.2, 0) is 9.47 Å². The van der Waals surface area contributed by atoms with Crippen molar-refractivity contribution in [1.29, 1.82) is 0 Å². The molecular formula is C18H28FN3O3. The maximum absolute atomic E-state index is 12.9. The Morgan fingerprint density at radius 2 is 2.16 bits per heavy atom. The first-order valence-corrected chi connectivity index (χ1v) is 8.73. The lowest BCUT2D eigenvalue weighted by Gasteiger charge is -2.18. The van der Waals surface area contributed by atoms with E-state index in [9.17, 15) is 4.39 Å². The van der Waals surface area contributed by atoms with Crippen molar-refractivity contribution in [2.75, 3.05) is 40.0 Å². The van der Waals surface area contributed by atoms with Gasteiger partial charge in [-0.2, -0.15) is 0 Å². The first-order chi connectivity index (χ1) is 12.2. The Hall–Kier alpha value is -1.86. The second kappa shape index (κ2) is 10.9. The normalized spacial score (nSPS) is 18.8. The highest BCUT2D eigenvalue weighted by Gasteiger charge is 2.15. The number of guanidine groups is 1. The molecule has 2 N–H and O–H groups in total. The maximum atomic E-state index is 12.9. The molecule has 0 bridgehead atoms. The van der Waals surface area contributed by atoms with E-state index in [2.05, 4.69) is 15.6 Å². The topological polar surface area (TPSA) is 64.1 Å².